The normalized spacial score (nSPS) is 9.64. The van der Waals surface area contributed by atoms with E-state index in [0.717, 1.165) is 0 Å². The van der Waals surface area contributed by atoms with E-state index in [1.807, 2.05) is 19.9 Å². The summed E-state index contributed by atoms with van der Waals surface area (Å²) in [7, 11) is 1.30. The number of esters is 1. The third-order valence-electron chi connectivity index (χ3n) is 1.59. The second-order valence-electron chi connectivity index (χ2n) is 3.06. The molecule has 0 saturated carbocycles. The van der Waals surface area contributed by atoms with Gasteiger partial charge in [-0.15, -0.1) is 5.10 Å². The summed E-state index contributed by atoms with van der Waals surface area (Å²) >= 11 is 0. The van der Waals surface area contributed by atoms with Gasteiger partial charge in [0.25, 0.3) is 5.82 Å². The topological polar surface area (TPSA) is 57.0 Å². The Morgan fingerprint density at radius 1 is 1.64 bits per heavy atom. The van der Waals surface area contributed by atoms with Crippen LogP contribution in [0.1, 0.15) is 24.5 Å². The van der Waals surface area contributed by atoms with Crippen LogP contribution < -0.4 is 0 Å². The standard InChI is InChI=1S/C9H13N3O2/c1-7(2)4-5-12-6-10-8(11-12)9(13)14-3/h4,6H,5H2,1-3H3. The molecule has 5 nitrogen and oxygen atoms in total. The van der Waals surface area contributed by atoms with Gasteiger partial charge in [-0.1, -0.05) is 11.6 Å². The van der Waals surface area contributed by atoms with Crippen molar-refractivity contribution in [3.05, 3.63) is 23.8 Å². The number of carbonyl (C=O) groups is 1. The van der Waals surface area contributed by atoms with Crippen LogP contribution in [0.3, 0.4) is 0 Å². The Labute approximate surface area is 82.4 Å². The monoisotopic (exact) mass is 195 g/mol. The first-order chi connectivity index (χ1) is 6.63. The van der Waals surface area contributed by atoms with E-state index < -0.39 is 5.97 Å². The van der Waals surface area contributed by atoms with Gasteiger partial charge in [0, 0.05) is 0 Å². The molecule has 0 N–H and O–H groups in total. The van der Waals surface area contributed by atoms with Crippen LogP contribution >= 0.6 is 0 Å². The third kappa shape index (κ3) is 2.69. The minimum atomic E-state index is -0.513. The van der Waals surface area contributed by atoms with Crippen molar-refractivity contribution in [2.45, 2.75) is 20.4 Å². The number of methoxy groups -OCH3 is 1. The fourth-order valence-electron chi connectivity index (χ4n) is 0.844. The highest BCUT2D eigenvalue weighted by Gasteiger charge is 2.10. The molecule has 0 aliphatic carbocycles. The van der Waals surface area contributed by atoms with Crippen molar-refractivity contribution in [1.82, 2.24) is 14.8 Å². The predicted molar refractivity (Wildman–Crippen MR) is 50.8 cm³/mol. The lowest BCUT2D eigenvalue weighted by atomic mass is 10.3. The number of nitrogens with zero attached hydrogens (tertiary/aromatic N) is 3. The lowest BCUT2D eigenvalue weighted by molar-refractivity contribution is 0.0586. The zero-order valence-electron chi connectivity index (χ0n) is 8.52. The summed E-state index contributed by atoms with van der Waals surface area (Å²) in [5.41, 5.74) is 1.19. The minimum Gasteiger partial charge on any atom is -0.463 e. The molecular formula is C9H13N3O2. The first kappa shape index (κ1) is 10.4. The molecule has 0 radical (unpaired) electrons. The number of allylic oxidation sites excluding steroid dienone is 2. The molecule has 0 aromatic carbocycles. The van der Waals surface area contributed by atoms with E-state index in [-0.39, 0.29) is 5.82 Å². The number of ether oxygens (including phenoxy) is 1. The van der Waals surface area contributed by atoms with Crippen LogP contribution in [0, 0.1) is 0 Å². The Morgan fingerprint density at radius 2 is 2.36 bits per heavy atom. The summed E-state index contributed by atoms with van der Waals surface area (Å²) in [5.74, 6) is -0.421. The average molecular weight is 195 g/mol. The van der Waals surface area contributed by atoms with Crippen LogP contribution in [0.25, 0.3) is 0 Å². The van der Waals surface area contributed by atoms with E-state index in [4.69, 9.17) is 0 Å². The van der Waals surface area contributed by atoms with Crippen LogP contribution in [0.2, 0.25) is 0 Å². The number of carbonyl (C=O) groups excluding carboxylic acids is 1. The third-order valence-corrected chi connectivity index (χ3v) is 1.59. The highest BCUT2D eigenvalue weighted by molar-refractivity contribution is 5.84. The maximum Gasteiger partial charge on any atom is 0.377 e. The van der Waals surface area contributed by atoms with E-state index in [0.29, 0.717) is 6.54 Å². The zero-order valence-corrected chi connectivity index (χ0v) is 8.52. The summed E-state index contributed by atoms with van der Waals surface area (Å²) in [6.45, 7) is 4.61. The van der Waals surface area contributed by atoms with E-state index in [1.54, 1.807) is 4.68 Å². The van der Waals surface area contributed by atoms with Crippen LogP contribution in [-0.2, 0) is 11.3 Å². The van der Waals surface area contributed by atoms with Gasteiger partial charge in [0.05, 0.1) is 13.7 Å². The molecule has 1 rings (SSSR count). The van der Waals surface area contributed by atoms with E-state index >= 15 is 0 Å². The van der Waals surface area contributed by atoms with Gasteiger partial charge in [-0.3, -0.25) is 0 Å². The summed E-state index contributed by atoms with van der Waals surface area (Å²) < 4.78 is 6.07. The van der Waals surface area contributed by atoms with Crippen molar-refractivity contribution in [2.75, 3.05) is 7.11 Å². The summed E-state index contributed by atoms with van der Waals surface area (Å²) in [4.78, 5) is 14.8. The Morgan fingerprint density at radius 3 is 2.93 bits per heavy atom. The maximum absolute atomic E-state index is 11.0. The molecule has 0 atom stereocenters. The SMILES string of the molecule is COC(=O)c1ncn(CC=C(C)C)n1. The molecule has 1 heterocycles. The van der Waals surface area contributed by atoms with Gasteiger partial charge in [0.1, 0.15) is 6.33 Å². The molecule has 76 valence electrons. The molecular weight excluding hydrogens is 182 g/mol. The van der Waals surface area contributed by atoms with Gasteiger partial charge in [0.15, 0.2) is 0 Å². The van der Waals surface area contributed by atoms with Crippen molar-refractivity contribution in [2.24, 2.45) is 0 Å². The molecule has 14 heavy (non-hydrogen) atoms. The van der Waals surface area contributed by atoms with Gasteiger partial charge < -0.3 is 4.74 Å². The zero-order chi connectivity index (χ0) is 10.6. The largest absolute Gasteiger partial charge is 0.463 e. The lowest BCUT2D eigenvalue weighted by Crippen LogP contribution is -2.05. The first-order valence-electron chi connectivity index (χ1n) is 4.24. The van der Waals surface area contributed by atoms with Gasteiger partial charge in [0.2, 0.25) is 0 Å². The van der Waals surface area contributed by atoms with Crippen molar-refractivity contribution in [3.8, 4) is 0 Å². The molecule has 1 aromatic rings. The number of hydrogen-bond acceptors (Lipinski definition) is 4. The lowest BCUT2D eigenvalue weighted by Gasteiger charge is -1.94. The van der Waals surface area contributed by atoms with Crippen LogP contribution in [-0.4, -0.2) is 27.8 Å². The van der Waals surface area contributed by atoms with E-state index in [2.05, 4.69) is 14.8 Å². The molecule has 0 saturated heterocycles. The molecule has 1 aromatic heterocycles. The van der Waals surface area contributed by atoms with Crippen molar-refractivity contribution >= 4 is 5.97 Å². The Hall–Kier alpha value is -1.65. The number of hydrogen-bond donors (Lipinski definition) is 0. The molecule has 0 fully saturated rings. The van der Waals surface area contributed by atoms with Crippen LogP contribution in [0.5, 0.6) is 0 Å². The average Bonchev–Trinajstić information content (AvgIpc) is 2.62. The Bertz CT molecular complexity index is 351. The fraction of sp³-hybridized carbons (Fsp3) is 0.444. The smallest absolute Gasteiger partial charge is 0.377 e. The van der Waals surface area contributed by atoms with Crippen LogP contribution in [0.15, 0.2) is 18.0 Å². The molecule has 5 heteroatoms. The maximum atomic E-state index is 11.0. The Balaban J connectivity index is 2.69. The molecule has 0 aliphatic heterocycles. The van der Waals surface area contributed by atoms with Crippen molar-refractivity contribution < 1.29 is 9.53 Å². The molecule has 0 amide bonds. The second-order valence-corrected chi connectivity index (χ2v) is 3.06. The van der Waals surface area contributed by atoms with Gasteiger partial charge in [-0.2, -0.15) is 0 Å². The molecule has 0 bridgehead atoms. The fourth-order valence-corrected chi connectivity index (χ4v) is 0.844. The second kappa shape index (κ2) is 4.55. The predicted octanol–water partition coefficient (Wildman–Crippen LogP) is 1.03. The molecule has 0 aliphatic rings. The minimum absolute atomic E-state index is 0.0923. The summed E-state index contributed by atoms with van der Waals surface area (Å²) in [6.07, 6.45) is 3.50. The van der Waals surface area contributed by atoms with Crippen molar-refractivity contribution in [3.63, 3.8) is 0 Å². The van der Waals surface area contributed by atoms with Gasteiger partial charge in [-0.25, -0.2) is 14.5 Å². The quantitative estimate of drug-likeness (QED) is 0.534. The van der Waals surface area contributed by atoms with E-state index in [1.165, 1.54) is 19.0 Å². The molecule has 0 unspecified atom stereocenters. The number of aromatic nitrogens is 3. The first-order valence-corrected chi connectivity index (χ1v) is 4.24. The highest BCUT2D eigenvalue weighted by atomic mass is 16.5. The Kier molecular flexibility index (Phi) is 3.39. The highest BCUT2D eigenvalue weighted by Crippen LogP contribution is 1.95. The van der Waals surface area contributed by atoms with Crippen molar-refractivity contribution in [1.29, 1.82) is 0 Å². The van der Waals surface area contributed by atoms with Gasteiger partial charge >= 0.3 is 5.97 Å². The summed E-state index contributed by atoms with van der Waals surface area (Å²) in [5, 5.41) is 3.94. The molecule has 0 spiro atoms. The number of rotatable bonds is 3. The van der Waals surface area contributed by atoms with Crippen LogP contribution in [0.4, 0.5) is 0 Å². The van der Waals surface area contributed by atoms with Gasteiger partial charge in [-0.05, 0) is 13.8 Å². The summed E-state index contributed by atoms with van der Waals surface area (Å²) in [6, 6.07) is 0. The van der Waals surface area contributed by atoms with E-state index in [9.17, 15) is 4.79 Å².